The maximum atomic E-state index is 12.4. The molecule has 5 nitrogen and oxygen atoms in total. The molecule has 1 heterocycles. The SMILES string of the molecule is CN(CCNC(=O)C1(CN)CCOCC1)C1CCCC1.Cl.Cl. The number of rotatable bonds is 6. The molecule has 0 unspecified atom stereocenters. The van der Waals surface area contributed by atoms with Crippen molar-refractivity contribution in [2.75, 3.05) is 39.9 Å². The second kappa shape index (κ2) is 10.7. The van der Waals surface area contributed by atoms with Gasteiger partial charge in [0, 0.05) is 38.9 Å². The van der Waals surface area contributed by atoms with Crippen molar-refractivity contribution >= 4 is 30.7 Å². The Hall–Kier alpha value is -0.0700. The molecule has 132 valence electrons. The lowest BCUT2D eigenvalue weighted by Crippen LogP contribution is -2.50. The summed E-state index contributed by atoms with van der Waals surface area (Å²) in [5.74, 6) is 0.114. The van der Waals surface area contributed by atoms with Gasteiger partial charge in [-0.3, -0.25) is 4.79 Å². The van der Waals surface area contributed by atoms with Crippen LogP contribution in [0.2, 0.25) is 0 Å². The summed E-state index contributed by atoms with van der Waals surface area (Å²) in [6.07, 6.45) is 6.78. The van der Waals surface area contributed by atoms with Gasteiger partial charge in [0.25, 0.3) is 0 Å². The van der Waals surface area contributed by atoms with Crippen LogP contribution in [0.1, 0.15) is 38.5 Å². The Kier molecular flexibility index (Phi) is 10.6. The van der Waals surface area contributed by atoms with Crippen molar-refractivity contribution in [1.29, 1.82) is 0 Å². The Bertz CT molecular complexity index is 320. The van der Waals surface area contributed by atoms with Crippen LogP contribution < -0.4 is 11.1 Å². The third kappa shape index (κ3) is 5.53. The summed E-state index contributed by atoms with van der Waals surface area (Å²) in [6, 6.07) is 0.707. The third-order valence-corrected chi connectivity index (χ3v) is 5.02. The number of nitrogens with one attached hydrogen (secondary N) is 1. The second-order valence-corrected chi connectivity index (χ2v) is 6.27. The van der Waals surface area contributed by atoms with Crippen LogP contribution in [0.4, 0.5) is 0 Å². The highest BCUT2D eigenvalue weighted by molar-refractivity contribution is 5.85. The normalized spacial score (nSPS) is 21.0. The first kappa shape index (κ1) is 21.9. The number of amides is 1. The molecule has 0 aromatic heterocycles. The van der Waals surface area contributed by atoms with Crippen LogP contribution >= 0.6 is 24.8 Å². The molecule has 0 spiro atoms. The average Bonchev–Trinajstić information content (AvgIpc) is 3.02. The Balaban J connectivity index is 0.00000220. The number of likely N-dealkylation sites (N-methyl/N-ethyl adjacent to an activating group) is 1. The summed E-state index contributed by atoms with van der Waals surface area (Å²) in [4.78, 5) is 14.8. The highest BCUT2D eigenvalue weighted by atomic mass is 35.5. The lowest BCUT2D eigenvalue weighted by molar-refractivity contribution is -0.135. The van der Waals surface area contributed by atoms with Crippen LogP contribution in [0.15, 0.2) is 0 Å². The molecule has 1 saturated carbocycles. The summed E-state index contributed by atoms with van der Waals surface area (Å²) in [5.41, 5.74) is 5.44. The van der Waals surface area contributed by atoms with E-state index in [4.69, 9.17) is 10.5 Å². The minimum atomic E-state index is -0.399. The molecule has 1 saturated heterocycles. The zero-order chi connectivity index (χ0) is 14.4. The van der Waals surface area contributed by atoms with Gasteiger partial charge in [0.1, 0.15) is 0 Å². The van der Waals surface area contributed by atoms with Crippen molar-refractivity contribution in [2.45, 2.75) is 44.6 Å². The fraction of sp³-hybridized carbons (Fsp3) is 0.933. The molecular weight excluding hydrogens is 325 g/mol. The molecule has 3 N–H and O–H groups in total. The molecule has 0 aromatic carbocycles. The summed E-state index contributed by atoms with van der Waals surface area (Å²) in [5, 5.41) is 3.08. The van der Waals surface area contributed by atoms with Crippen molar-refractivity contribution in [3.8, 4) is 0 Å². The molecule has 1 aliphatic heterocycles. The molecule has 2 aliphatic rings. The highest BCUT2D eigenvalue weighted by Crippen LogP contribution is 2.29. The Labute approximate surface area is 146 Å². The maximum Gasteiger partial charge on any atom is 0.227 e. The fourth-order valence-corrected chi connectivity index (χ4v) is 3.35. The van der Waals surface area contributed by atoms with E-state index in [9.17, 15) is 4.79 Å². The highest BCUT2D eigenvalue weighted by Gasteiger charge is 2.38. The second-order valence-electron chi connectivity index (χ2n) is 6.27. The van der Waals surface area contributed by atoms with E-state index in [0.717, 1.165) is 19.4 Å². The first-order valence-corrected chi connectivity index (χ1v) is 7.94. The van der Waals surface area contributed by atoms with Gasteiger partial charge in [-0.25, -0.2) is 0 Å². The van der Waals surface area contributed by atoms with Crippen molar-refractivity contribution < 1.29 is 9.53 Å². The third-order valence-electron chi connectivity index (χ3n) is 5.02. The zero-order valence-corrected chi connectivity index (χ0v) is 15.1. The van der Waals surface area contributed by atoms with E-state index in [-0.39, 0.29) is 30.7 Å². The van der Waals surface area contributed by atoms with E-state index >= 15 is 0 Å². The van der Waals surface area contributed by atoms with E-state index in [1.807, 2.05) is 0 Å². The Morgan fingerprint density at radius 3 is 2.41 bits per heavy atom. The molecule has 2 fully saturated rings. The molecule has 1 amide bonds. The largest absolute Gasteiger partial charge is 0.381 e. The van der Waals surface area contributed by atoms with E-state index in [0.29, 0.717) is 32.3 Å². The van der Waals surface area contributed by atoms with Gasteiger partial charge in [-0.2, -0.15) is 0 Å². The summed E-state index contributed by atoms with van der Waals surface area (Å²) in [6.45, 7) is 3.35. The van der Waals surface area contributed by atoms with Gasteiger partial charge in [-0.15, -0.1) is 24.8 Å². The lowest BCUT2D eigenvalue weighted by atomic mass is 9.79. The number of nitrogens with two attached hydrogens (primary N) is 1. The smallest absolute Gasteiger partial charge is 0.227 e. The van der Waals surface area contributed by atoms with Gasteiger partial charge in [0.05, 0.1) is 5.41 Å². The Morgan fingerprint density at radius 2 is 1.86 bits per heavy atom. The van der Waals surface area contributed by atoms with Crippen LogP contribution in [-0.4, -0.2) is 56.7 Å². The van der Waals surface area contributed by atoms with Gasteiger partial charge >= 0.3 is 0 Å². The predicted molar refractivity (Wildman–Crippen MR) is 93.9 cm³/mol. The van der Waals surface area contributed by atoms with Crippen LogP contribution in [0.25, 0.3) is 0 Å². The maximum absolute atomic E-state index is 12.4. The molecule has 0 aromatic rings. The van der Waals surface area contributed by atoms with Gasteiger partial charge < -0.3 is 20.7 Å². The molecule has 7 heteroatoms. The number of nitrogens with zero attached hydrogens (tertiary/aromatic N) is 1. The van der Waals surface area contributed by atoms with Crippen LogP contribution in [0, 0.1) is 5.41 Å². The fourth-order valence-electron chi connectivity index (χ4n) is 3.35. The quantitative estimate of drug-likeness (QED) is 0.758. The Morgan fingerprint density at radius 1 is 1.27 bits per heavy atom. The molecule has 1 aliphatic carbocycles. The molecule has 2 rings (SSSR count). The van der Waals surface area contributed by atoms with Crippen LogP contribution in [-0.2, 0) is 9.53 Å². The number of hydrogen-bond donors (Lipinski definition) is 2. The van der Waals surface area contributed by atoms with E-state index in [1.54, 1.807) is 0 Å². The number of carbonyl (C=O) groups excluding carboxylic acids is 1. The first-order valence-electron chi connectivity index (χ1n) is 7.94. The monoisotopic (exact) mass is 355 g/mol. The lowest BCUT2D eigenvalue weighted by Gasteiger charge is -2.34. The standard InChI is InChI=1S/C15H29N3O2.2ClH/c1-18(13-4-2-3-5-13)9-8-17-14(19)15(12-16)6-10-20-11-7-15;;/h13H,2-12,16H2,1H3,(H,17,19);2*1H. The van der Waals surface area contributed by atoms with Gasteiger partial charge in [0.15, 0.2) is 0 Å². The van der Waals surface area contributed by atoms with Crippen molar-refractivity contribution in [3.63, 3.8) is 0 Å². The number of hydrogen-bond acceptors (Lipinski definition) is 4. The van der Waals surface area contributed by atoms with Gasteiger partial charge in [-0.1, -0.05) is 12.8 Å². The van der Waals surface area contributed by atoms with Gasteiger partial charge in [0.2, 0.25) is 5.91 Å². The van der Waals surface area contributed by atoms with Crippen molar-refractivity contribution in [1.82, 2.24) is 10.2 Å². The van der Waals surface area contributed by atoms with Crippen LogP contribution in [0.5, 0.6) is 0 Å². The average molecular weight is 356 g/mol. The topological polar surface area (TPSA) is 67.6 Å². The molecule has 0 atom stereocenters. The van der Waals surface area contributed by atoms with Crippen molar-refractivity contribution in [2.24, 2.45) is 11.1 Å². The molecule has 22 heavy (non-hydrogen) atoms. The molecule has 0 radical (unpaired) electrons. The van der Waals surface area contributed by atoms with E-state index in [2.05, 4.69) is 17.3 Å². The first-order chi connectivity index (χ1) is 9.68. The van der Waals surface area contributed by atoms with Gasteiger partial charge in [-0.05, 0) is 32.7 Å². The zero-order valence-electron chi connectivity index (χ0n) is 13.5. The number of halogens is 2. The summed E-state index contributed by atoms with van der Waals surface area (Å²) in [7, 11) is 2.16. The van der Waals surface area contributed by atoms with E-state index < -0.39 is 5.41 Å². The van der Waals surface area contributed by atoms with Crippen LogP contribution in [0.3, 0.4) is 0 Å². The summed E-state index contributed by atoms with van der Waals surface area (Å²) >= 11 is 0. The molecule has 0 bridgehead atoms. The minimum Gasteiger partial charge on any atom is -0.381 e. The summed E-state index contributed by atoms with van der Waals surface area (Å²) < 4.78 is 5.34. The number of carbonyl (C=O) groups is 1. The van der Waals surface area contributed by atoms with Crippen molar-refractivity contribution in [3.05, 3.63) is 0 Å². The number of ether oxygens (including phenoxy) is 1. The van der Waals surface area contributed by atoms with E-state index in [1.165, 1.54) is 25.7 Å². The molecular formula is C15H31Cl2N3O2. The minimum absolute atomic E-state index is 0. The predicted octanol–water partition coefficient (Wildman–Crippen LogP) is 1.58.